The number of nitrogens with one attached hydrogen (secondary N) is 1. The molecule has 1 aromatic carbocycles. The molecule has 0 spiro atoms. The van der Waals surface area contributed by atoms with Crippen LogP contribution < -0.4 is 5.32 Å². The minimum atomic E-state index is -0.972. The molecule has 6 heteroatoms. The van der Waals surface area contributed by atoms with Gasteiger partial charge in [0.1, 0.15) is 11.6 Å². The molecule has 0 amide bonds. The van der Waals surface area contributed by atoms with E-state index in [-0.39, 0.29) is 6.01 Å². The molecule has 0 bridgehead atoms. The fourth-order valence-corrected chi connectivity index (χ4v) is 1.38. The zero-order valence-corrected chi connectivity index (χ0v) is 9.15. The maximum atomic E-state index is 10.6. The number of hydrogen-bond donors (Lipinski definition) is 2. The Morgan fingerprint density at radius 1 is 1.62 bits per heavy atom. The Morgan fingerprint density at radius 3 is 3.06 bits per heavy atom. The minimum Gasteiger partial charge on any atom is -0.480 e. The van der Waals surface area contributed by atoms with Crippen LogP contribution in [0.1, 0.15) is 6.92 Å². The van der Waals surface area contributed by atoms with Gasteiger partial charge in [-0.15, -0.1) is 0 Å². The van der Waals surface area contributed by atoms with E-state index in [1.807, 2.05) is 0 Å². The van der Waals surface area contributed by atoms with Crippen LogP contribution in [0.15, 0.2) is 22.6 Å². The van der Waals surface area contributed by atoms with Crippen LogP contribution in [-0.4, -0.2) is 22.1 Å². The molecule has 2 N–H and O–H groups in total. The molecule has 2 rings (SSSR count). The summed E-state index contributed by atoms with van der Waals surface area (Å²) in [5.41, 5.74) is 1.15. The monoisotopic (exact) mass is 240 g/mol. The summed E-state index contributed by atoms with van der Waals surface area (Å²) < 4.78 is 5.30. The average molecular weight is 241 g/mol. The SMILES string of the molecule is CC(Nc1nc2cc(Cl)ccc2o1)C(=O)O. The molecule has 0 aliphatic carbocycles. The number of oxazole rings is 1. The second-order valence-corrected chi connectivity index (χ2v) is 3.77. The summed E-state index contributed by atoms with van der Waals surface area (Å²) in [6.07, 6.45) is 0. The van der Waals surface area contributed by atoms with Crippen molar-refractivity contribution in [2.24, 2.45) is 0 Å². The standard InChI is InChI=1S/C10H9ClN2O3/c1-5(9(14)15)12-10-13-7-4-6(11)2-3-8(7)16-10/h2-5H,1H3,(H,12,13)(H,14,15). The summed E-state index contributed by atoms with van der Waals surface area (Å²) >= 11 is 5.79. The molecule has 1 aromatic heterocycles. The van der Waals surface area contributed by atoms with E-state index in [2.05, 4.69) is 10.3 Å². The van der Waals surface area contributed by atoms with Gasteiger partial charge in [-0.05, 0) is 25.1 Å². The van der Waals surface area contributed by atoms with E-state index in [4.69, 9.17) is 21.1 Å². The predicted molar refractivity (Wildman–Crippen MR) is 59.7 cm³/mol. The van der Waals surface area contributed by atoms with Crippen molar-refractivity contribution in [1.29, 1.82) is 0 Å². The molecular formula is C10H9ClN2O3. The van der Waals surface area contributed by atoms with Gasteiger partial charge in [-0.25, -0.2) is 0 Å². The van der Waals surface area contributed by atoms with E-state index in [0.29, 0.717) is 16.1 Å². The highest BCUT2D eigenvalue weighted by Crippen LogP contribution is 2.22. The quantitative estimate of drug-likeness (QED) is 0.861. The minimum absolute atomic E-state index is 0.173. The van der Waals surface area contributed by atoms with E-state index >= 15 is 0 Å². The van der Waals surface area contributed by atoms with Crippen LogP contribution in [0.25, 0.3) is 11.1 Å². The van der Waals surface area contributed by atoms with Crippen molar-refractivity contribution >= 4 is 34.7 Å². The number of benzene rings is 1. The Bertz CT molecular complexity index is 538. The largest absolute Gasteiger partial charge is 0.480 e. The summed E-state index contributed by atoms with van der Waals surface area (Å²) in [5, 5.41) is 11.9. The number of carboxylic acid groups (broad SMARTS) is 1. The Morgan fingerprint density at radius 2 is 2.38 bits per heavy atom. The summed E-state index contributed by atoms with van der Waals surface area (Å²) in [7, 11) is 0. The van der Waals surface area contributed by atoms with Gasteiger partial charge in [0.05, 0.1) is 0 Å². The maximum Gasteiger partial charge on any atom is 0.325 e. The number of anilines is 1. The van der Waals surface area contributed by atoms with Gasteiger partial charge in [-0.3, -0.25) is 4.79 Å². The van der Waals surface area contributed by atoms with E-state index in [0.717, 1.165) is 0 Å². The van der Waals surface area contributed by atoms with E-state index in [1.165, 1.54) is 6.92 Å². The van der Waals surface area contributed by atoms with Gasteiger partial charge in [0.15, 0.2) is 5.58 Å². The summed E-state index contributed by atoms with van der Waals surface area (Å²) in [5.74, 6) is -0.972. The smallest absolute Gasteiger partial charge is 0.325 e. The van der Waals surface area contributed by atoms with Crippen LogP contribution in [0, 0.1) is 0 Å². The average Bonchev–Trinajstić information content (AvgIpc) is 2.58. The molecule has 1 unspecified atom stereocenters. The van der Waals surface area contributed by atoms with Crippen LogP contribution in [0.4, 0.5) is 6.01 Å². The van der Waals surface area contributed by atoms with Gasteiger partial charge in [-0.2, -0.15) is 4.98 Å². The third-order valence-electron chi connectivity index (χ3n) is 2.06. The van der Waals surface area contributed by atoms with Gasteiger partial charge >= 0.3 is 5.97 Å². The zero-order valence-electron chi connectivity index (χ0n) is 8.40. The number of hydrogen-bond acceptors (Lipinski definition) is 4. The number of carboxylic acids is 1. The zero-order chi connectivity index (χ0) is 11.7. The fraction of sp³-hybridized carbons (Fsp3) is 0.200. The molecule has 84 valence electrons. The first-order valence-corrected chi connectivity index (χ1v) is 4.99. The molecular weight excluding hydrogens is 232 g/mol. The fourth-order valence-electron chi connectivity index (χ4n) is 1.21. The molecule has 0 aliphatic rings. The van der Waals surface area contributed by atoms with Crippen molar-refractivity contribution in [1.82, 2.24) is 4.98 Å². The van der Waals surface area contributed by atoms with Crippen LogP contribution in [0.2, 0.25) is 5.02 Å². The highest BCUT2D eigenvalue weighted by Gasteiger charge is 2.14. The lowest BCUT2D eigenvalue weighted by Crippen LogP contribution is -2.25. The number of carbonyl (C=O) groups is 1. The highest BCUT2D eigenvalue weighted by atomic mass is 35.5. The lowest BCUT2D eigenvalue weighted by atomic mass is 10.3. The molecule has 5 nitrogen and oxygen atoms in total. The molecule has 0 radical (unpaired) electrons. The first-order valence-electron chi connectivity index (χ1n) is 4.61. The Kier molecular flexibility index (Phi) is 2.70. The normalized spacial score (nSPS) is 12.6. The first-order chi connectivity index (χ1) is 7.56. The molecule has 0 fully saturated rings. The Labute approximate surface area is 96.0 Å². The molecule has 1 atom stereocenters. The lowest BCUT2D eigenvalue weighted by molar-refractivity contribution is -0.137. The number of nitrogens with zero attached hydrogens (tertiary/aromatic N) is 1. The van der Waals surface area contributed by atoms with Crippen LogP contribution in [0.5, 0.6) is 0 Å². The molecule has 0 saturated heterocycles. The lowest BCUT2D eigenvalue weighted by Gasteiger charge is -2.04. The van der Waals surface area contributed by atoms with Gasteiger partial charge in [0.25, 0.3) is 6.01 Å². The van der Waals surface area contributed by atoms with Gasteiger partial charge in [0, 0.05) is 5.02 Å². The second kappa shape index (κ2) is 4.02. The third kappa shape index (κ3) is 2.09. The summed E-state index contributed by atoms with van der Waals surface area (Å²) in [6.45, 7) is 1.50. The molecule has 1 heterocycles. The molecule has 16 heavy (non-hydrogen) atoms. The molecule has 0 saturated carbocycles. The number of halogens is 1. The van der Waals surface area contributed by atoms with Crippen molar-refractivity contribution in [3.05, 3.63) is 23.2 Å². The number of aromatic nitrogens is 1. The number of rotatable bonds is 3. The predicted octanol–water partition coefficient (Wildman–Crippen LogP) is 2.37. The van der Waals surface area contributed by atoms with Crippen molar-refractivity contribution < 1.29 is 14.3 Å². The number of fused-ring (bicyclic) bond motifs is 1. The Balaban J connectivity index is 2.29. The topological polar surface area (TPSA) is 75.4 Å². The Hall–Kier alpha value is -1.75. The first kappa shape index (κ1) is 10.8. The summed E-state index contributed by atoms with van der Waals surface area (Å²) in [4.78, 5) is 14.7. The third-order valence-corrected chi connectivity index (χ3v) is 2.30. The van der Waals surface area contributed by atoms with Crippen molar-refractivity contribution in [3.8, 4) is 0 Å². The number of aliphatic carboxylic acids is 1. The van der Waals surface area contributed by atoms with Crippen molar-refractivity contribution in [3.63, 3.8) is 0 Å². The van der Waals surface area contributed by atoms with Gasteiger partial charge in [0.2, 0.25) is 0 Å². The van der Waals surface area contributed by atoms with Crippen LogP contribution in [-0.2, 0) is 4.79 Å². The highest BCUT2D eigenvalue weighted by molar-refractivity contribution is 6.31. The second-order valence-electron chi connectivity index (χ2n) is 3.34. The van der Waals surface area contributed by atoms with Crippen LogP contribution >= 0.6 is 11.6 Å². The molecule has 2 aromatic rings. The van der Waals surface area contributed by atoms with Crippen LogP contribution in [0.3, 0.4) is 0 Å². The van der Waals surface area contributed by atoms with E-state index in [1.54, 1.807) is 18.2 Å². The van der Waals surface area contributed by atoms with Gasteiger partial charge in [-0.1, -0.05) is 11.6 Å². The maximum absolute atomic E-state index is 10.6. The summed E-state index contributed by atoms with van der Waals surface area (Å²) in [6, 6.07) is 4.42. The van der Waals surface area contributed by atoms with E-state index in [9.17, 15) is 4.79 Å². The molecule has 0 aliphatic heterocycles. The van der Waals surface area contributed by atoms with E-state index < -0.39 is 12.0 Å². The van der Waals surface area contributed by atoms with Crippen molar-refractivity contribution in [2.45, 2.75) is 13.0 Å². The van der Waals surface area contributed by atoms with Gasteiger partial charge < -0.3 is 14.8 Å². The van der Waals surface area contributed by atoms with Crippen molar-refractivity contribution in [2.75, 3.05) is 5.32 Å².